The average Bonchev–Trinajstić information content (AvgIpc) is 3.00. The summed E-state index contributed by atoms with van der Waals surface area (Å²) < 4.78 is 3.19. The monoisotopic (exact) mass is 349 g/mol. The van der Waals surface area contributed by atoms with Gasteiger partial charge in [0.15, 0.2) is 0 Å². The first-order chi connectivity index (χ1) is 9.58. The molecule has 0 aliphatic carbocycles. The highest BCUT2D eigenvalue weighted by Gasteiger charge is 2.23. The van der Waals surface area contributed by atoms with E-state index < -0.39 is 0 Å². The third kappa shape index (κ3) is 2.25. The summed E-state index contributed by atoms with van der Waals surface area (Å²) in [5.41, 5.74) is 8.20. The molecule has 0 saturated carbocycles. The fourth-order valence-corrected chi connectivity index (χ4v) is 3.93. The topological polar surface area (TPSA) is 43.8 Å². The molecule has 0 aliphatic heterocycles. The number of fused-ring (bicyclic) bond motifs is 1. The summed E-state index contributed by atoms with van der Waals surface area (Å²) in [5.74, 6) is 1.01. The van der Waals surface area contributed by atoms with Gasteiger partial charge in [0.05, 0.1) is 17.1 Å². The number of aromatic nitrogens is 2. The third-order valence-corrected chi connectivity index (χ3v) is 4.86. The van der Waals surface area contributed by atoms with Gasteiger partial charge < -0.3 is 10.3 Å². The minimum atomic E-state index is 0.217. The van der Waals surface area contributed by atoms with Crippen molar-refractivity contribution in [1.82, 2.24) is 9.55 Å². The van der Waals surface area contributed by atoms with Crippen molar-refractivity contribution < 1.29 is 0 Å². The minimum Gasteiger partial charge on any atom is -0.369 e. The molecule has 1 atom stereocenters. The smallest absolute Gasteiger partial charge is 0.201 e. The molecule has 0 fully saturated rings. The third-order valence-electron chi connectivity index (χ3n) is 3.42. The van der Waals surface area contributed by atoms with Crippen molar-refractivity contribution >= 4 is 44.2 Å². The molecule has 2 heterocycles. The van der Waals surface area contributed by atoms with Gasteiger partial charge >= 0.3 is 0 Å². The lowest BCUT2D eigenvalue weighted by atomic mass is 10.0. The first kappa shape index (κ1) is 13.6. The lowest BCUT2D eigenvalue weighted by Crippen LogP contribution is -2.17. The van der Waals surface area contributed by atoms with Gasteiger partial charge in [-0.2, -0.15) is 0 Å². The number of halogens is 1. The zero-order valence-electron chi connectivity index (χ0n) is 11.4. The summed E-state index contributed by atoms with van der Waals surface area (Å²) in [6, 6.07) is 10.5. The Morgan fingerprint density at radius 1 is 1.30 bits per heavy atom. The molecule has 5 heteroatoms. The van der Waals surface area contributed by atoms with Gasteiger partial charge in [0.1, 0.15) is 0 Å². The maximum absolute atomic E-state index is 6.19. The Hall–Kier alpha value is -1.33. The second-order valence-corrected chi connectivity index (χ2v) is 7.07. The number of anilines is 1. The van der Waals surface area contributed by atoms with E-state index in [9.17, 15) is 0 Å². The number of thiophene rings is 1. The predicted molar refractivity (Wildman–Crippen MR) is 89.1 cm³/mol. The van der Waals surface area contributed by atoms with Crippen LogP contribution in [0.1, 0.15) is 24.8 Å². The first-order valence-corrected chi connectivity index (χ1v) is 8.21. The largest absolute Gasteiger partial charge is 0.369 e. The number of nitrogen functional groups attached to an aromatic ring is 1. The summed E-state index contributed by atoms with van der Waals surface area (Å²) in [5, 5.41) is 2.11. The molecule has 1 aromatic carbocycles. The van der Waals surface area contributed by atoms with Gasteiger partial charge in [0.25, 0.3) is 0 Å². The fraction of sp³-hybridized carbons (Fsp3) is 0.267. The van der Waals surface area contributed by atoms with Gasteiger partial charge in [-0.25, -0.2) is 4.98 Å². The van der Waals surface area contributed by atoms with Crippen LogP contribution in [0.25, 0.3) is 11.0 Å². The summed E-state index contributed by atoms with van der Waals surface area (Å²) in [7, 11) is 0. The normalized spacial score (nSPS) is 13.2. The fourth-order valence-electron chi connectivity index (χ4n) is 2.59. The zero-order chi connectivity index (χ0) is 14.3. The van der Waals surface area contributed by atoms with Crippen LogP contribution in [0, 0.1) is 5.92 Å². The van der Waals surface area contributed by atoms with Crippen LogP contribution in [-0.2, 0) is 0 Å². The van der Waals surface area contributed by atoms with Crippen LogP contribution >= 0.6 is 27.3 Å². The number of hydrogen-bond donors (Lipinski definition) is 1. The van der Waals surface area contributed by atoms with Gasteiger partial charge in [0, 0.05) is 9.35 Å². The molecule has 0 amide bonds. The highest BCUT2D eigenvalue weighted by molar-refractivity contribution is 9.10. The lowest BCUT2D eigenvalue weighted by Gasteiger charge is -2.23. The van der Waals surface area contributed by atoms with E-state index in [1.165, 1.54) is 4.88 Å². The number of imidazole rings is 1. The molecule has 0 saturated heterocycles. The van der Waals surface area contributed by atoms with Crippen LogP contribution in [-0.4, -0.2) is 9.55 Å². The van der Waals surface area contributed by atoms with Crippen LogP contribution < -0.4 is 5.73 Å². The Morgan fingerprint density at radius 2 is 2.10 bits per heavy atom. The van der Waals surface area contributed by atoms with Gasteiger partial charge in [-0.3, -0.25) is 0 Å². The molecule has 20 heavy (non-hydrogen) atoms. The highest BCUT2D eigenvalue weighted by atomic mass is 79.9. The number of benzene rings is 1. The van der Waals surface area contributed by atoms with E-state index in [4.69, 9.17) is 5.73 Å². The van der Waals surface area contributed by atoms with Crippen molar-refractivity contribution in [2.75, 3.05) is 5.73 Å². The molecule has 0 radical (unpaired) electrons. The van der Waals surface area contributed by atoms with Crippen LogP contribution in [0.15, 0.2) is 40.2 Å². The minimum absolute atomic E-state index is 0.217. The molecule has 3 rings (SSSR count). The molecular formula is C15H16BrN3S. The molecule has 1 unspecified atom stereocenters. The Morgan fingerprint density at radius 3 is 2.75 bits per heavy atom. The van der Waals surface area contributed by atoms with Crippen LogP contribution in [0.5, 0.6) is 0 Å². The Balaban J connectivity index is 2.25. The summed E-state index contributed by atoms with van der Waals surface area (Å²) >= 11 is 5.29. The van der Waals surface area contributed by atoms with E-state index in [1.54, 1.807) is 11.3 Å². The van der Waals surface area contributed by atoms with Crippen LogP contribution in [0.3, 0.4) is 0 Å². The quantitative estimate of drug-likeness (QED) is 0.745. The van der Waals surface area contributed by atoms with E-state index in [0.29, 0.717) is 11.9 Å². The summed E-state index contributed by atoms with van der Waals surface area (Å²) in [6.07, 6.45) is 0. The maximum Gasteiger partial charge on any atom is 0.201 e. The molecule has 0 spiro atoms. The molecule has 2 aromatic heterocycles. The molecule has 0 aliphatic rings. The van der Waals surface area contributed by atoms with Crippen molar-refractivity contribution in [3.63, 3.8) is 0 Å². The maximum atomic E-state index is 6.19. The molecule has 104 valence electrons. The van der Waals surface area contributed by atoms with Crippen molar-refractivity contribution in [2.24, 2.45) is 5.92 Å². The van der Waals surface area contributed by atoms with Crippen LogP contribution in [0.2, 0.25) is 0 Å². The Kier molecular flexibility index (Phi) is 3.56. The van der Waals surface area contributed by atoms with Gasteiger partial charge in [-0.15, -0.1) is 11.3 Å². The number of nitrogens with two attached hydrogens (primary N) is 1. The van der Waals surface area contributed by atoms with E-state index in [-0.39, 0.29) is 6.04 Å². The van der Waals surface area contributed by atoms with Crippen molar-refractivity contribution in [2.45, 2.75) is 19.9 Å². The zero-order valence-corrected chi connectivity index (χ0v) is 13.8. The highest BCUT2D eigenvalue weighted by Crippen LogP contribution is 2.35. The lowest BCUT2D eigenvalue weighted by molar-refractivity contribution is 0.457. The first-order valence-electron chi connectivity index (χ1n) is 6.54. The van der Waals surface area contributed by atoms with Crippen molar-refractivity contribution in [1.29, 1.82) is 0 Å². The SMILES string of the molecule is CC(C)C(c1cccs1)n1c(N)nc2ccc(Br)cc21. The summed E-state index contributed by atoms with van der Waals surface area (Å²) in [6.45, 7) is 4.43. The number of rotatable bonds is 3. The van der Waals surface area contributed by atoms with Gasteiger partial charge in [-0.05, 0) is 35.6 Å². The Bertz CT molecular complexity index is 731. The molecule has 3 nitrogen and oxygen atoms in total. The predicted octanol–water partition coefficient (Wildman–Crippen LogP) is 4.69. The summed E-state index contributed by atoms with van der Waals surface area (Å²) in [4.78, 5) is 5.80. The van der Waals surface area contributed by atoms with Crippen molar-refractivity contribution in [3.8, 4) is 0 Å². The van der Waals surface area contributed by atoms with Crippen molar-refractivity contribution in [3.05, 3.63) is 45.1 Å². The second kappa shape index (κ2) is 5.22. The van der Waals surface area contributed by atoms with E-state index >= 15 is 0 Å². The van der Waals surface area contributed by atoms with E-state index in [0.717, 1.165) is 15.5 Å². The van der Waals surface area contributed by atoms with E-state index in [2.05, 4.69) is 62.9 Å². The molecule has 3 aromatic rings. The second-order valence-electron chi connectivity index (χ2n) is 5.18. The molecule has 2 N–H and O–H groups in total. The van der Waals surface area contributed by atoms with Gasteiger partial charge in [-0.1, -0.05) is 35.8 Å². The Labute approximate surface area is 130 Å². The van der Waals surface area contributed by atoms with Crippen LogP contribution in [0.4, 0.5) is 5.95 Å². The molecular weight excluding hydrogens is 334 g/mol. The standard InChI is InChI=1S/C15H16BrN3S/c1-9(2)14(13-4-3-7-20-13)19-12-8-10(16)5-6-11(12)18-15(19)17/h3-9,14H,1-2H3,(H2,17,18). The van der Waals surface area contributed by atoms with Gasteiger partial charge in [0.2, 0.25) is 5.95 Å². The molecule has 0 bridgehead atoms. The van der Waals surface area contributed by atoms with E-state index in [1.807, 2.05) is 12.1 Å². The number of hydrogen-bond acceptors (Lipinski definition) is 3. The number of nitrogens with zero attached hydrogens (tertiary/aromatic N) is 2. The average molecular weight is 350 g/mol.